The third-order valence-corrected chi connectivity index (χ3v) is 5.86. The van der Waals surface area contributed by atoms with Crippen molar-refractivity contribution in [3.05, 3.63) is 29.0 Å². The number of thiazole rings is 1. The van der Waals surface area contributed by atoms with Gasteiger partial charge >= 0.3 is 0 Å². The van der Waals surface area contributed by atoms with Crippen molar-refractivity contribution in [1.82, 2.24) is 24.6 Å². The van der Waals surface area contributed by atoms with Crippen molar-refractivity contribution in [3.63, 3.8) is 0 Å². The second-order valence-corrected chi connectivity index (χ2v) is 8.10. The lowest BCUT2D eigenvalue weighted by molar-refractivity contribution is -0.134. The van der Waals surface area contributed by atoms with E-state index in [2.05, 4.69) is 20.3 Å². The van der Waals surface area contributed by atoms with Gasteiger partial charge in [-0.2, -0.15) is 5.10 Å². The highest BCUT2D eigenvalue weighted by Gasteiger charge is 2.35. The Bertz CT molecular complexity index is 812. The molecule has 0 aromatic carbocycles. The van der Waals surface area contributed by atoms with Crippen LogP contribution in [0.25, 0.3) is 0 Å². The zero-order chi connectivity index (χ0) is 18.8. The number of carbonyl (C=O) groups is 2. The summed E-state index contributed by atoms with van der Waals surface area (Å²) >= 11 is 1.38. The van der Waals surface area contributed by atoms with E-state index in [0.29, 0.717) is 24.8 Å². The number of nitrogens with zero attached hydrogens (tertiary/aromatic N) is 5. The first-order valence-electron chi connectivity index (χ1n) is 9.33. The van der Waals surface area contributed by atoms with Gasteiger partial charge in [0.15, 0.2) is 5.13 Å². The van der Waals surface area contributed by atoms with E-state index in [1.165, 1.54) is 17.8 Å². The molecule has 1 fully saturated rings. The topological polar surface area (TPSA) is 83.4 Å². The van der Waals surface area contributed by atoms with E-state index < -0.39 is 5.92 Å². The molecule has 2 aromatic rings. The van der Waals surface area contributed by atoms with Crippen molar-refractivity contribution < 1.29 is 9.59 Å². The molecule has 0 aliphatic carbocycles. The van der Waals surface area contributed by atoms with Crippen LogP contribution < -0.4 is 5.32 Å². The minimum atomic E-state index is -0.482. The van der Waals surface area contributed by atoms with Crippen LogP contribution in [-0.4, -0.2) is 62.6 Å². The molecule has 1 N–H and O–H groups in total. The van der Waals surface area contributed by atoms with Crippen molar-refractivity contribution in [3.8, 4) is 0 Å². The fourth-order valence-corrected chi connectivity index (χ4v) is 4.36. The first-order chi connectivity index (χ1) is 13.1. The molecule has 0 radical (unpaired) electrons. The van der Waals surface area contributed by atoms with Crippen LogP contribution in [0.1, 0.15) is 36.4 Å². The Morgan fingerprint density at radius 2 is 2.11 bits per heavy atom. The predicted octanol–water partition coefficient (Wildman–Crippen LogP) is 1.43. The van der Waals surface area contributed by atoms with E-state index in [1.807, 2.05) is 18.6 Å². The molecule has 4 heterocycles. The van der Waals surface area contributed by atoms with Crippen molar-refractivity contribution in [2.45, 2.75) is 31.7 Å². The predicted molar refractivity (Wildman–Crippen MR) is 102 cm³/mol. The highest BCUT2D eigenvalue weighted by Crippen LogP contribution is 2.29. The summed E-state index contributed by atoms with van der Waals surface area (Å²) in [7, 11) is 1.84. The van der Waals surface area contributed by atoms with Gasteiger partial charge in [-0.3, -0.25) is 19.2 Å². The first kappa shape index (κ1) is 18.1. The number of rotatable bonds is 4. The Morgan fingerprint density at radius 1 is 1.30 bits per heavy atom. The molecule has 2 aliphatic rings. The van der Waals surface area contributed by atoms with Crippen LogP contribution in [0.2, 0.25) is 0 Å². The lowest BCUT2D eigenvalue weighted by Gasteiger charge is -2.33. The summed E-state index contributed by atoms with van der Waals surface area (Å²) in [4.78, 5) is 33.9. The third-order valence-electron chi connectivity index (χ3n) is 5.17. The van der Waals surface area contributed by atoms with Gasteiger partial charge in [-0.25, -0.2) is 4.98 Å². The molecule has 2 aromatic heterocycles. The second kappa shape index (κ2) is 7.77. The van der Waals surface area contributed by atoms with Gasteiger partial charge in [0.25, 0.3) is 0 Å². The van der Waals surface area contributed by atoms with Gasteiger partial charge in [-0.15, -0.1) is 11.3 Å². The molecule has 8 nitrogen and oxygen atoms in total. The van der Waals surface area contributed by atoms with E-state index in [-0.39, 0.29) is 11.8 Å². The molecular weight excluding hydrogens is 364 g/mol. The standard InChI is InChI=1S/C18H24N6O2S/c1-22-9-13-10-24(15(25)12-23-6-3-2-4-7-23)11-14(16(13)21-22)17(26)20-18-19-5-8-27-18/h5,8-9,14H,2-4,6-7,10-12H2,1H3,(H,19,20,26). The van der Waals surface area contributed by atoms with E-state index in [0.717, 1.165) is 37.2 Å². The molecule has 144 valence electrons. The molecule has 27 heavy (non-hydrogen) atoms. The molecule has 1 unspecified atom stereocenters. The number of amides is 2. The summed E-state index contributed by atoms with van der Waals surface area (Å²) in [6, 6.07) is 0. The summed E-state index contributed by atoms with van der Waals surface area (Å²) in [6.07, 6.45) is 7.10. The Hall–Kier alpha value is -2.26. The van der Waals surface area contributed by atoms with E-state index >= 15 is 0 Å². The van der Waals surface area contributed by atoms with Crippen molar-refractivity contribution in [1.29, 1.82) is 0 Å². The van der Waals surface area contributed by atoms with E-state index in [1.54, 1.807) is 15.8 Å². The van der Waals surface area contributed by atoms with Crippen LogP contribution in [0.15, 0.2) is 17.8 Å². The maximum absolute atomic E-state index is 12.9. The SMILES string of the molecule is Cn1cc2c(n1)C(C(=O)Nc1nccs1)CN(C(=O)CN1CCCCC1)C2. The Labute approximate surface area is 162 Å². The van der Waals surface area contributed by atoms with Gasteiger partial charge in [0.05, 0.1) is 12.2 Å². The van der Waals surface area contributed by atoms with Gasteiger partial charge in [0.2, 0.25) is 11.8 Å². The molecule has 1 atom stereocenters. The number of carbonyl (C=O) groups excluding carboxylic acids is 2. The fourth-order valence-electron chi connectivity index (χ4n) is 3.83. The van der Waals surface area contributed by atoms with E-state index in [9.17, 15) is 9.59 Å². The maximum atomic E-state index is 12.9. The monoisotopic (exact) mass is 388 g/mol. The van der Waals surface area contributed by atoms with Crippen LogP contribution in [0.5, 0.6) is 0 Å². The highest BCUT2D eigenvalue weighted by molar-refractivity contribution is 7.13. The number of aromatic nitrogens is 3. The molecule has 9 heteroatoms. The summed E-state index contributed by atoms with van der Waals surface area (Å²) in [5, 5.41) is 9.72. The van der Waals surface area contributed by atoms with E-state index in [4.69, 9.17) is 0 Å². The summed E-state index contributed by atoms with van der Waals surface area (Å²) in [6.45, 7) is 3.25. The maximum Gasteiger partial charge on any atom is 0.237 e. The van der Waals surface area contributed by atoms with Crippen LogP contribution in [0, 0.1) is 0 Å². The molecule has 0 saturated carbocycles. The fraction of sp³-hybridized carbons (Fsp3) is 0.556. The Kier molecular flexibility index (Phi) is 5.22. The number of nitrogens with one attached hydrogen (secondary N) is 1. The molecule has 1 saturated heterocycles. The summed E-state index contributed by atoms with van der Waals surface area (Å²) in [5.41, 5.74) is 1.70. The Morgan fingerprint density at radius 3 is 2.85 bits per heavy atom. The molecule has 2 aliphatic heterocycles. The van der Waals surface area contributed by atoms with Crippen molar-refractivity contribution in [2.24, 2.45) is 7.05 Å². The largest absolute Gasteiger partial charge is 0.336 e. The van der Waals surface area contributed by atoms with Crippen molar-refractivity contribution >= 4 is 28.3 Å². The molecule has 0 bridgehead atoms. The zero-order valence-electron chi connectivity index (χ0n) is 15.4. The molecular formula is C18H24N6O2S. The number of likely N-dealkylation sites (tertiary alicyclic amines) is 1. The smallest absolute Gasteiger partial charge is 0.237 e. The Balaban J connectivity index is 1.50. The van der Waals surface area contributed by atoms with Gasteiger partial charge in [0, 0.05) is 43.5 Å². The minimum absolute atomic E-state index is 0.0819. The average molecular weight is 388 g/mol. The van der Waals surface area contributed by atoms with Crippen LogP contribution in [0.3, 0.4) is 0 Å². The summed E-state index contributed by atoms with van der Waals surface area (Å²) < 4.78 is 1.72. The van der Waals surface area contributed by atoms with Gasteiger partial charge in [-0.1, -0.05) is 6.42 Å². The lowest BCUT2D eigenvalue weighted by atomic mass is 9.95. The number of hydrogen-bond acceptors (Lipinski definition) is 6. The molecule has 4 rings (SSSR count). The number of fused-ring (bicyclic) bond motifs is 1. The van der Waals surface area contributed by atoms with Gasteiger partial charge in [-0.05, 0) is 25.9 Å². The van der Waals surface area contributed by atoms with Crippen LogP contribution >= 0.6 is 11.3 Å². The van der Waals surface area contributed by atoms with Crippen LogP contribution in [0.4, 0.5) is 5.13 Å². The quantitative estimate of drug-likeness (QED) is 0.857. The molecule has 2 amide bonds. The average Bonchev–Trinajstić information content (AvgIpc) is 3.29. The zero-order valence-corrected chi connectivity index (χ0v) is 16.2. The highest BCUT2D eigenvalue weighted by atomic mass is 32.1. The van der Waals surface area contributed by atoms with Crippen LogP contribution in [-0.2, 0) is 23.2 Å². The van der Waals surface area contributed by atoms with Gasteiger partial charge in [0.1, 0.15) is 5.92 Å². The minimum Gasteiger partial charge on any atom is -0.336 e. The number of hydrogen-bond donors (Lipinski definition) is 1. The first-order valence-corrected chi connectivity index (χ1v) is 10.2. The third kappa shape index (κ3) is 4.03. The molecule has 0 spiro atoms. The normalized spacial score (nSPS) is 20.3. The summed E-state index contributed by atoms with van der Waals surface area (Å²) in [5.74, 6) is -0.567. The number of aryl methyl sites for hydroxylation is 1. The number of anilines is 1. The van der Waals surface area contributed by atoms with Gasteiger partial charge < -0.3 is 10.2 Å². The second-order valence-electron chi connectivity index (χ2n) is 7.20. The van der Waals surface area contributed by atoms with Crippen molar-refractivity contribution in [2.75, 3.05) is 31.5 Å². The lowest BCUT2D eigenvalue weighted by Crippen LogP contribution is -2.46. The number of piperidine rings is 1.